The Labute approximate surface area is 124 Å². The van der Waals surface area contributed by atoms with E-state index in [0.717, 1.165) is 5.56 Å². The van der Waals surface area contributed by atoms with Crippen molar-refractivity contribution in [2.75, 3.05) is 13.1 Å². The Bertz CT molecular complexity index is 508. The molecule has 0 saturated carbocycles. The SMILES string of the molecule is CC1(C(=O)O)CCN(C(=O)CC(N)c2ccccc2)CC1. The Morgan fingerprint density at radius 1 is 1.29 bits per heavy atom. The van der Waals surface area contributed by atoms with Gasteiger partial charge in [0.2, 0.25) is 5.91 Å². The summed E-state index contributed by atoms with van der Waals surface area (Å²) in [5.41, 5.74) is 6.30. The van der Waals surface area contributed by atoms with Crippen LogP contribution >= 0.6 is 0 Å². The van der Waals surface area contributed by atoms with Gasteiger partial charge in [-0.1, -0.05) is 30.3 Å². The number of carbonyl (C=O) groups is 2. The number of aliphatic carboxylic acids is 1. The molecular weight excluding hydrogens is 268 g/mol. The first kappa shape index (κ1) is 15.5. The minimum atomic E-state index is -0.782. The van der Waals surface area contributed by atoms with Gasteiger partial charge in [0.05, 0.1) is 5.41 Å². The maximum Gasteiger partial charge on any atom is 0.309 e. The van der Waals surface area contributed by atoms with E-state index in [0.29, 0.717) is 25.9 Å². The average molecular weight is 290 g/mol. The maximum absolute atomic E-state index is 12.3. The number of nitrogens with two attached hydrogens (primary N) is 1. The topological polar surface area (TPSA) is 83.6 Å². The maximum atomic E-state index is 12.3. The van der Waals surface area contributed by atoms with Crippen LogP contribution in [0.3, 0.4) is 0 Å². The minimum Gasteiger partial charge on any atom is -0.481 e. The smallest absolute Gasteiger partial charge is 0.309 e. The Morgan fingerprint density at radius 2 is 1.86 bits per heavy atom. The van der Waals surface area contributed by atoms with Gasteiger partial charge >= 0.3 is 5.97 Å². The molecule has 1 saturated heterocycles. The molecule has 1 aromatic rings. The normalized spacial score (nSPS) is 19.0. The highest BCUT2D eigenvalue weighted by Gasteiger charge is 2.38. The van der Waals surface area contributed by atoms with Crippen molar-refractivity contribution in [1.82, 2.24) is 4.90 Å². The van der Waals surface area contributed by atoms with Gasteiger partial charge < -0.3 is 15.7 Å². The summed E-state index contributed by atoms with van der Waals surface area (Å²) in [5, 5.41) is 9.19. The highest BCUT2D eigenvalue weighted by molar-refractivity contribution is 5.78. The van der Waals surface area contributed by atoms with E-state index in [9.17, 15) is 14.7 Å². The van der Waals surface area contributed by atoms with Gasteiger partial charge in [-0.05, 0) is 25.3 Å². The molecule has 0 spiro atoms. The summed E-state index contributed by atoms with van der Waals surface area (Å²) in [7, 11) is 0. The van der Waals surface area contributed by atoms with Crippen LogP contribution in [0.5, 0.6) is 0 Å². The predicted octanol–water partition coefficient (Wildman–Crippen LogP) is 1.79. The molecule has 2 rings (SSSR count). The van der Waals surface area contributed by atoms with E-state index in [-0.39, 0.29) is 18.4 Å². The van der Waals surface area contributed by atoms with Gasteiger partial charge in [0.1, 0.15) is 0 Å². The zero-order valence-corrected chi connectivity index (χ0v) is 12.3. The van der Waals surface area contributed by atoms with E-state index in [4.69, 9.17) is 5.73 Å². The van der Waals surface area contributed by atoms with Crippen LogP contribution in [0.4, 0.5) is 0 Å². The van der Waals surface area contributed by atoms with Crippen molar-refractivity contribution in [2.45, 2.75) is 32.2 Å². The highest BCUT2D eigenvalue weighted by Crippen LogP contribution is 2.31. The van der Waals surface area contributed by atoms with Gasteiger partial charge in [-0.2, -0.15) is 0 Å². The Hall–Kier alpha value is -1.88. The number of piperidine rings is 1. The molecule has 1 heterocycles. The van der Waals surface area contributed by atoms with Gasteiger partial charge in [0.25, 0.3) is 0 Å². The number of amides is 1. The van der Waals surface area contributed by atoms with Gasteiger partial charge in [-0.3, -0.25) is 9.59 Å². The Balaban J connectivity index is 1.89. The van der Waals surface area contributed by atoms with Crippen molar-refractivity contribution in [3.8, 4) is 0 Å². The van der Waals surface area contributed by atoms with E-state index in [1.165, 1.54) is 0 Å². The minimum absolute atomic E-state index is 0.00112. The number of carboxylic acids is 1. The highest BCUT2D eigenvalue weighted by atomic mass is 16.4. The van der Waals surface area contributed by atoms with Crippen molar-refractivity contribution in [3.05, 3.63) is 35.9 Å². The summed E-state index contributed by atoms with van der Waals surface area (Å²) < 4.78 is 0. The Morgan fingerprint density at radius 3 is 2.38 bits per heavy atom. The van der Waals surface area contributed by atoms with E-state index in [1.54, 1.807) is 11.8 Å². The number of hydrogen-bond acceptors (Lipinski definition) is 3. The van der Waals surface area contributed by atoms with Gasteiger partial charge in [-0.15, -0.1) is 0 Å². The van der Waals surface area contributed by atoms with Gasteiger partial charge in [0.15, 0.2) is 0 Å². The molecule has 1 amide bonds. The van der Waals surface area contributed by atoms with E-state index in [2.05, 4.69) is 0 Å². The largest absolute Gasteiger partial charge is 0.481 e. The first-order chi connectivity index (χ1) is 9.92. The second kappa shape index (κ2) is 6.26. The summed E-state index contributed by atoms with van der Waals surface area (Å²) in [6.45, 7) is 2.72. The van der Waals surface area contributed by atoms with E-state index < -0.39 is 11.4 Å². The van der Waals surface area contributed by atoms with Crippen molar-refractivity contribution in [3.63, 3.8) is 0 Å². The van der Waals surface area contributed by atoms with Crippen molar-refractivity contribution >= 4 is 11.9 Å². The van der Waals surface area contributed by atoms with Crippen molar-refractivity contribution in [2.24, 2.45) is 11.1 Å². The standard InChI is InChI=1S/C16H22N2O3/c1-16(15(20)21)7-9-18(10-8-16)14(19)11-13(17)12-5-3-2-4-6-12/h2-6,13H,7-11,17H2,1H3,(H,20,21). The molecule has 5 nitrogen and oxygen atoms in total. The lowest BCUT2D eigenvalue weighted by Crippen LogP contribution is -2.45. The third-order valence-electron chi connectivity index (χ3n) is 4.36. The second-order valence-corrected chi connectivity index (χ2v) is 5.97. The third-order valence-corrected chi connectivity index (χ3v) is 4.36. The molecule has 1 unspecified atom stereocenters. The molecule has 1 fully saturated rings. The number of carbonyl (C=O) groups excluding carboxylic acids is 1. The quantitative estimate of drug-likeness (QED) is 0.885. The van der Waals surface area contributed by atoms with Crippen LogP contribution in [0.25, 0.3) is 0 Å². The molecule has 3 N–H and O–H groups in total. The first-order valence-corrected chi connectivity index (χ1v) is 7.24. The Kier molecular flexibility index (Phi) is 4.63. The fraction of sp³-hybridized carbons (Fsp3) is 0.500. The summed E-state index contributed by atoms with van der Waals surface area (Å²) in [5.74, 6) is -0.783. The summed E-state index contributed by atoms with van der Waals surface area (Å²) >= 11 is 0. The molecule has 1 aliphatic heterocycles. The summed E-state index contributed by atoms with van der Waals surface area (Å²) in [6, 6.07) is 9.23. The van der Waals surface area contributed by atoms with Gasteiger partial charge in [-0.25, -0.2) is 0 Å². The number of hydrogen-bond donors (Lipinski definition) is 2. The molecule has 0 bridgehead atoms. The lowest BCUT2D eigenvalue weighted by Gasteiger charge is -2.36. The van der Waals surface area contributed by atoms with Crippen LogP contribution < -0.4 is 5.73 Å². The number of rotatable bonds is 4. The number of likely N-dealkylation sites (tertiary alicyclic amines) is 1. The molecule has 0 aromatic heterocycles. The van der Waals surface area contributed by atoms with Crippen molar-refractivity contribution < 1.29 is 14.7 Å². The fourth-order valence-corrected chi connectivity index (χ4v) is 2.60. The predicted molar refractivity (Wildman–Crippen MR) is 79.5 cm³/mol. The molecule has 1 aliphatic rings. The zero-order valence-electron chi connectivity index (χ0n) is 12.3. The lowest BCUT2D eigenvalue weighted by molar-refractivity contribution is -0.153. The van der Waals surface area contributed by atoms with E-state index in [1.807, 2.05) is 30.3 Å². The molecule has 5 heteroatoms. The van der Waals surface area contributed by atoms with Crippen molar-refractivity contribution in [1.29, 1.82) is 0 Å². The lowest BCUT2D eigenvalue weighted by atomic mass is 9.80. The molecule has 114 valence electrons. The van der Waals surface area contributed by atoms with E-state index >= 15 is 0 Å². The molecule has 1 aromatic carbocycles. The van der Waals surface area contributed by atoms with Crippen LogP contribution in [0.15, 0.2) is 30.3 Å². The van der Waals surface area contributed by atoms with Crippen LogP contribution in [-0.4, -0.2) is 35.0 Å². The zero-order chi connectivity index (χ0) is 15.5. The van der Waals surface area contributed by atoms with Crippen LogP contribution in [0.2, 0.25) is 0 Å². The first-order valence-electron chi connectivity index (χ1n) is 7.24. The number of carboxylic acid groups (broad SMARTS) is 1. The second-order valence-electron chi connectivity index (χ2n) is 5.97. The summed E-state index contributed by atoms with van der Waals surface area (Å²) in [4.78, 5) is 25.2. The summed E-state index contributed by atoms with van der Waals surface area (Å²) in [6.07, 6.45) is 1.25. The third kappa shape index (κ3) is 3.61. The molecular formula is C16H22N2O3. The van der Waals surface area contributed by atoms with Gasteiger partial charge in [0, 0.05) is 25.6 Å². The average Bonchev–Trinajstić information content (AvgIpc) is 2.48. The number of nitrogens with zero attached hydrogens (tertiary/aromatic N) is 1. The van der Waals surface area contributed by atoms with Crippen LogP contribution in [0.1, 0.15) is 37.8 Å². The van der Waals surface area contributed by atoms with Crippen LogP contribution in [-0.2, 0) is 9.59 Å². The monoisotopic (exact) mass is 290 g/mol. The molecule has 0 radical (unpaired) electrons. The van der Waals surface area contributed by atoms with Crippen LogP contribution in [0, 0.1) is 5.41 Å². The number of benzene rings is 1. The fourth-order valence-electron chi connectivity index (χ4n) is 2.60. The molecule has 21 heavy (non-hydrogen) atoms. The molecule has 0 aliphatic carbocycles. The molecule has 1 atom stereocenters.